The van der Waals surface area contributed by atoms with Gasteiger partial charge >= 0.3 is 18.0 Å². The molecule has 0 aromatic carbocycles. The van der Waals surface area contributed by atoms with E-state index in [1.165, 1.54) is 0 Å². The van der Waals surface area contributed by atoms with E-state index < -0.39 is 18.0 Å². The lowest BCUT2D eigenvalue weighted by molar-refractivity contribution is -0.143. The number of rotatable bonds is 4. The molecule has 14 heavy (non-hydrogen) atoms. The third kappa shape index (κ3) is 22.5. The average Bonchev–Trinajstić information content (AvgIpc) is 2.01. The van der Waals surface area contributed by atoms with E-state index >= 15 is 0 Å². The van der Waals surface area contributed by atoms with Gasteiger partial charge in [0, 0.05) is 6.54 Å². The standard InChI is InChI=1S/C4H6O4.C3H8N2O/c5-3(6)1-2-4(7)8;1-2-5-3(4)6/h1-2H2,(H,5,6)(H,7,8);2H2,1H3,(H3,4,5,6). The van der Waals surface area contributed by atoms with Gasteiger partial charge in [0.15, 0.2) is 0 Å². The second-order valence-corrected chi connectivity index (χ2v) is 2.18. The minimum atomic E-state index is -1.08. The predicted molar refractivity (Wildman–Crippen MR) is 47.8 cm³/mol. The summed E-state index contributed by atoms with van der Waals surface area (Å²) in [5.74, 6) is -2.15. The highest BCUT2D eigenvalue weighted by molar-refractivity contribution is 5.75. The maximum absolute atomic E-state index is 9.71. The number of nitrogens with one attached hydrogen (secondary N) is 1. The van der Waals surface area contributed by atoms with E-state index in [1.807, 2.05) is 6.92 Å². The van der Waals surface area contributed by atoms with Crippen LogP contribution in [0.25, 0.3) is 0 Å². The van der Waals surface area contributed by atoms with Crippen molar-refractivity contribution in [3.63, 3.8) is 0 Å². The van der Waals surface area contributed by atoms with Crippen LogP contribution in [0.2, 0.25) is 0 Å². The van der Waals surface area contributed by atoms with Crippen molar-refractivity contribution in [3.05, 3.63) is 0 Å². The summed E-state index contributed by atoms with van der Waals surface area (Å²) in [5.41, 5.74) is 4.65. The van der Waals surface area contributed by atoms with Gasteiger partial charge in [-0.3, -0.25) is 9.59 Å². The molecule has 0 aliphatic heterocycles. The normalized spacial score (nSPS) is 8.07. The highest BCUT2D eigenvalue weighted by Crippen LogP contribution is 1.86. The van der Waals surface area contributed by atoms with Crippen molar-refractivity contribution in [2.75, 3.05) is 6.54 Å². The fourth-order valence-corrected chi connectivity index (χ4v) is 0.388. The smallest absolute Gasteiger partial charge is 0.312 e. The molecule has 0 aromatic heterocycles. The number of carbonyl (C=O) groups excluding carboxylic acids is 1. The Kier molecular flexibility index (Phi) is 9.78. The van der Waals surface area contributed by atoms with Gasteiger partial charge in [-0.15, -0.1) is 0 Å². The Balaban J connectivity index is 0. The Labute approximate surface area is 80.9 Å². The molecule has 0 aliphatic rings. The molecule has 0 heterocycles. The van der Waals surface area contributed by atoms with Crippen LogP contribution >= 0.6 is 0 Å². The molecule has 0 saturated carbocycles. The summed E-state index contributed by atoms with van der Waals surface area (Å²) in [5, 5.41) is 18.1. The molecule has 0 bridgehead atoms. The van der Waals surface area contributed by atoms with Gasteiger partial charge in [-0.25, -0.2) is 4.79 Å². The van der Waals surface area contributed by atoms with Crippen LogP contribution < -0.4 is 11.1 Å². The molecule has 0 fully saturated rings. The van der Waals surface area contributed by atoms with E-state index in [9.17, 15) is 14.4 Å². The van der Waals surface area contributed by atoms with Gasteiger partial charge in [0.1, 0.15) is 0 Å². The molecule has 7 heteroatoms. The van der Waals surface area contributed by atoms with Gasteiger partial charge in [0.2, 0.25) is 0 Å². The maximum Gasteiger partial charge on any atom is 0.312 e. The first-order chi connectivity index (χ1) is 6.40. The summed E-state index contributed by atoms with van der Waals surface area (Å²) in [4.78, 5) is 29.0. The highest BCUT2D eigenvalue weighted by atomic mass is 16.4. The molecular formula is C7H14N2O5. The zero-order valence-electron chi connectivity index (χ0n) is 7.82. The molecule has 0 spiro atoms. The molecule has 0 aromatic rings. The lowest BCUT2D eigenvalue weighted by atomic mass is 10.3. The largest absolute Gasteiger partial charge is 0.481 e. The first kappa shape index (κ1) is 14.7. The fourth-order valence-electron chi connectivity index (χ4n) is 0.388. The van der Waals surface area contributed by atoms with E-state index in [4.69, 9.17) is 10.2 Å². The minimum Gasteiger partial charge on any atom is -0.481 e. The number of hydrogen-bond donors (Lipinski definition) is 4. The van der Waals surface area contributed by atoms with Crippen LogP contribution in [-0.2, 0) is 9.59 Å². The Bertz CT molecular complexity index is 190. The topological polar surface area (TPSA) is 130 Å². The predicted octanol–water partition coefficient (Wildman–Crippen LogP) is -0.390. The van der Waals surface area contributed by atoms with Crippen molar-refractivity contribution in [2.24, 2.45) is 5.73 Å². The summed E-state index contributed by atoms with van der Waals surface area (Å²) < 4.78 is 0. The summed E-state index contributed by atoms with van der Waals surface area (Å²) in [6.45, 7) is 2.42. The number of carboxylic acids is 2. The highest BCUT2D eigenvalue weighted by Gasteiger charge is 2.00. The van der Waals surface area contributed by atoms with E-state index in [0.29, 0.717) is 6.54 Å². The van der Waals surface area contributed by atoms with Crippen molar-refractivity contribution < 1.29 is 24.6 Å². The lowest BCUT2D eigenvalue weighted by Crippen LogP contribution is -2.28. The SMILES string of the molecule is CCNC(N)=O.O=C(O)CCC(=O)O. The quantitative estimate of drug-likeness (QED) is 0.497. The number of carbonyl (C=O) groups is 3. The number of carboxylic acid groups (broad SMARTS) is 2. The molecule has 0 unspecified atom stereocenters. The van der Waals surface area contributed by atoms with Crippen molar-refractivity contribution in [3.8, 4) is 0 Å². The summed E-state index contributed by atoms with van der Waals surface area (Å²) in [6.07, 6.45) is -0.593. The number of amides is 2. The van der Waals surface area contributed by atoms with Gasteiger partial charge < -0.3 is 21.3 Å². The molecule has 7 nitrogen and oxygen atoms in total. The zero-order chi connectivity index (χ0) is 11.6. The van der Waals surface area contributed by atoms with Gasteiger partial charge in [-0.2, -0.15) is 0 Å². The van der Waals surface area contributed by atoms with Gasteiger partial charge in [0.25, 0.3) is 0 Å². The van der Waals surface area contributed by atoms with Crippen LogP contribution in [0.1, 0.15) is 19.8 Å². The molecule has 0 rings (SSSR count). The van der Waals surface area contributed by atoms with Gasteiger partial charge in [0.05, 0.1) is 12.8 Å². The van der Waals surface area contributed by atoms with Crippen LogP contribution in [0, 0.1) is 0 Å². The number of aliphatic carboxylic acids is 2. The molecule has 0 aliphatic carbocycles. The van der Waals surface area contributed by atoms with Gasteiger partial charge in [-0.05, 0) is 6.92 Å². The van der Waals surface area contributed by atoms with E-state index in [1.54, 1.807) is 0 Å². The Hall–Kier alpha value is -1.79. The fraction of sp³-hybridized carbons (Fsp3) is 0.571. The molecular weight excluding hydrogens is 192 g/mol. The van der Waals surface area contributed by atoms with Crippen molar-refractivity contribution in [2.45, 2.75) is 19.8 Å². The van der Waals surface area contributed by atoms with E-state index in [0.717, 1.165) is 0 Å². The Morgan fingerprint density at radius 3 is 1.57 bits per heavy atom. The molecule has 0 atom stereocenters. The van der Waals surface area contributed by atoms with Crippen LogP contribution in [0.5, 0.6) is 0 Å². The zero-order valence-corrected chi connectivity index (χ0v) is 7.82. The second kappa shape index (κ2) is 9.30. The van der Waals surface area contributed by atoms with Crippen LogP contribution in [0.3, 0.4) is 0 Å². The molecule has 0 saturated heterocycles. The Morgan fingerprint density at radius 2 is 1.50 bits per heavy atom. The number of nitrogens with two attached hydrogens (primary N) is 1. The number of urea groups is 1. The maximum atomic E-state index is 9.71. The summed E-state index contributed by atoms with van der Waals surface area (Å²) in [6, 6.07) is -0.461. The molecule has 82 valence electrons. The second-order valence-electron chi connectivity index (χ2n) is 2.18. The summed E-state index contributed by atoms with van der Waals surface area (Å²) >= 11 is 0. The van der Waals surface area contributed by atoms with Crippen LogP contribution in [0.4, 0.5) is 4.79 Å². The van der Waals surface area contributed by atoms with Crippen LogP contribution in [0.15, 0.2) is 0 Å². The number of hydrogen-bond acceptors (Lipinski definition) is 3. The van der Waals surface area contributed by atoms with Gasteiger partial charge in [-0.1, -0.05) is 0 Å². The average molecular weight is 206 g/mol. The van der Waals surface area contributed by atoms with E-state index in [2.05, 4.69) is 11.1 Å². The number of primary amides is 1. The third-order valence-corrected chi connectivity index (χ3v) is 0.904. The summed E-state index contributed by atoms with van der Waals surface area (Å²) in [7, 11) is 0. The first-order valence-electron chi connectivity index (χ1n) is 3.87. The molecule has 0 radical (unpaired) electrons. The third-order valence-electron chi connectivity index (χ3n) is 0.904. The molecule has 5 N–H and O–H groups in total. The lowest BCUT2D eigenvalue weighted by Gasteiger charge is -1.88. The van der Waals surface area contributed by atoms with Crippen molar-refractivity contribution >= 4 is 18.0 Å². The van der Waals surface area contributed by atoms with Crippen molar-refractivity contribution in [1.29, 1.82) is 0 Å². The van der Waals surface area contributed by atoms with Crippen LogP contribution in [-0.4, -0.2) is 34.7 Å². The first-order valence-corrected chi connectivity index (χ1v) is 3.87. The van der Waals surface area contributed by atoms with E-state index in [-0.39, 0.29) is 12.8 Å². The van der Waals surface area contributed by atoms with Crippen molar-refractivity contribution in [1.82, 2.24) is 5.32 Å². The molecule has 2 amide bonds. The monoisotopic (exact) mass is 206 g/mol. The minimum absolute atomic E-state index is 0.296. The Morgan fingerprint density at radius 1 is 1.14 bits per heavy atom.